The van der Waals surface area contributed by atoms with Crippen LogP contribution in [0.4, 0.5) is 5.69 Å². The molecule has 2 heterocycles. The Balaban J connectivity index is 1.62. The number of primary sulfonamides is 1. The molecule has 0 saturated carbocycles. The summed E-state index contributed by atoms with van der Waals surface area (Å²) in [6, 6.07) is 13.0. The fourth-order valence-electron chi connectivity index (χ4n) is 2.88. The van der Waals surface area contributed by atoms with Gasteiger partial charge < -0.3 is 0 Å². The third-order valence-corrected chi connectivity index (χ3v) is 5.07. The molecule has 0 bridgehead atoms. The number of nitrogens with two attached hydrogens (primary N) is 1. The van der Waals surface area contributed by atoms with Gasteiger partial charge >= 0.3 is 0 Å². The van der Waals surface area contributed by atoms with Crippen molar-refractivity contribution in [1.82, 2.24) is 10.2 Å². The summed E-state index contributed by atoms with van der Waals surface area (Å²) < 4.78 is 22.6. The standard InChI is InChI=1S/C17H15N5O3S/c18-26(24,25)12-7-5-11(6-8-12)16(23)21-17-20-14-4-2-1-3-13(14)15-19-9-10-22(15)17/h1-8H,9-10H2,(H2,18,24,25)(H,20,21,23). The summed E-state index contributed by atoms with van der Waals surface area (Å²) in [4.78, 5) is 23.4. The lowest BCUT2D eigenvalue weighted by Crippen LogP contribution is -2.47. The van der Waals surface area contributed by atoms with Crippen molar-refractivity contribution in [1.29, 1.82) is 0 Å². The van der Waals surface area contributed by atoms with Gasteiger partial charge in [0.15, 0.2) is 0 Å². The summed E-state index contributed by atoms with van der Waals surface area (Å²) in [6.45, 7) is 1.26. The van der Waals surface area contributed by atoms with Crippen molar-refractivity contribution in [2.24, 2.45) is 15.1 Å². The van der Waals surface area contributed by atoms with Gasteiger partial charge in [-0.1, -0.05) is 12.1 Å². The molecule has 132 valence electrons. The smallest absolute Gasteiger partial charge is 0.257 e. The number of amidine groups is 1. The Hall–Kier alpha value is -3.04. The van der Waals surface area contributed by atoms with E-state index in [-0.39, 0.29) is 4.90 Å². The van der Waals surface area contributed by atoms with E-state index in [1.54, 1.807) is 0 Å². The van der Waals surface area contributed by atoms with Gasteiger partial charge in [-0.15, -0.1) is 0 Å². The SMILES string of the molecule is NS(=O)(=O)c1ccc(C(=O)NC2=Nc3ccccc3C3=NCCN23)cc1. The topological polar surface area (TPSA) is 117 Å². The zero-order chi connectivity index (χ0) is 18.3. The van der Waals surface area contributed by atoms with Gasteiger partial charge in [-0.2, -0.15) is 0 Å². The van der Waals surface area contributed by atoms with Crippen LogP contribution in [0, 0.1) is 0 Å². The first-order valence-electron chi connectivity index (χ1n) is 7.88. The maximum absolute atomic E-state index is 12.5. The molecule has 0 unspecified atom stereocenters. The highest BCUT2D eigenvalue weighted by atomic mass is 32.2. The number of nitrogens with one attached hydrogen (secondary N) is 1. The molecule has 2 aliphatic heterocycles. The Kier molecular flexibility index (Phi) is 3.82. The summed E-state index contributed by atoms with van der Waals surface area (Å²) in [6.07, 6.45) is 0. The number of guanidine groups is 1. The number of rotatable bonds is 2. The highest BCUT2D eigenvalue weighted by Gasteiger charge is 2.30. The van der Waals surface area contributed by atoms with Crippen LogP contribution >= 0.6 is 0 Å². The lowest BCUT2D eigenvalue weighted by Gasteiger charge is -2.27. The summed E-state index contributed by atoms with van der Waals surface area (Å²) in [5.41, 5.74) is 1.97. The van der Waals surface area contributed by atoms with Crippen molar-refractivity contribution < 1.29 is 13.2 Å². The van der Waals surface area contributed by atoms with Crippen molar-refractivity contribution in [3.63, 3.8) is 0 Å². The third kappa shape index (κ3) is 2.87. The predicted molar refractivity (Wildman–Crippen MR) is 96.9 cm³/mol. The molecule has 1 amide bonds. The van der Waals surface area contributed by atoms with E-state index in [9.17, 15) is 13.2 Å². The first-order valence-corrected chi connectivity index (χ1v) is 9.42. The normalized spacial score (nSPS) is 15.7. The van der Waals surface area contributed by atoms with E-state index in [1.807, 2.05) is 29.2 Å². The van der Waals surface area contributed by atoms with Crippen LogP contribution in [0.3, 0.4) is 0 Å². The van der Waals surface area contributed by atoms with E-state index in [1.165, 1.54) is 24.3 Å². The van der Waals surface area contributed by atoms with Crippen LogP contribution in [0.5, 0.6) is 0 Å². The number of benzene rings is 2. The number of carbonyl (C=O) groups excluding carboxylic acids is 1. The molecule has 4 rings (SSSR count). The molecule has 9 heteroatoms. The fraction of sp³-hybridized carbons (Fsp3) is 0.118. The first-order chi connectivity index (χ1) is 12.4. The van der Waals surface area contributed by atoms with E-state index in [2.05, 4.69) is 15.3 Å². The van der Waals surface area contributed by atoms with Crippen molar-refractivity contribution in [2.75, 3.05) is 13.1 Å². The number of amides is 1. The van der Waals surface area contributed by atoms with Crippen molar-refractivity contribution >= 4 is 33.4 Å². The van der Waals surface area contributed by atoms with Gasteiger partial charge in [0, 0.05) is 17.7 Å². The maximum Gasteiger partial charge on any atom is 0.257 e. The molecule has 26 heavy (non-hydrogen) atoms. The summed E-state index contributed by atoms with van der Waals surface area (Å²) in [7, 11) is -3.80. The van der Waals surface area contributed by atoms with Gasteiger partial charge in [0.1, 0.15) is 5.84 Å². The Morgan fingerprint density at radius 1 is 1.12 bits per heavy atom. The minimum Gasteiger partial charge on any atom is -0.294 e. The molecule has 8 nitrogen and oxygen atoms in total. The molecule has 0 radical (unpaired) electrons. The number of fused-ring (bicyclic) bond motifs is 3. The number of sulfonamides is 1. The van der Waals surface area contributed by atoms with Crippen LogP contribution < -0.4 is 10.5 Å². The Morgan fingerprint density at radius 3 is 2.58 bits per heavy atom. The minimum absolute atomic E-state index is 0.0491. The molecular weight excluding hydrogens is 354 g/mol. The molecule has 0 aliphatic carbocycles. The second kappa shape index (κ2) is 6.04. The third-order valence-electron chi connectivity index (χ3n) is 4.14. The van der Waals surface area contributed by atoms with Crippen LogP contribution in [0.2, 0.25) is 0 Å². The Morgan fingerprint density at radius 2 is 1.85 bits per heavy atom. The van der Waals surface area contributed by atoms with Gasteiger partial charge in [0.25, 0.3) is 5.91 Å². The van der Waals surface area contributed by atoms with E-state index >= 15 is 0 Å². The molecule has 0 aromatic heterocycles. The molecule has 3 N–H and O–H groups in total. The average Bonchev–Trinajstić information content (AvgIpc) is 3.11. The molecule has 2 aliphatic rings. The van der Waals surface area contributed by atoms with E-state index in [0.717, 1.165) is 17.1 Å². The van der Waals surface area contributed by atoms with Crippen molar-refractivity contribution in [3.05, 3.63) is 59.7 Å². The summed E-state index contributed by atoms with van der Waals surface area (Å²) >= 11 is 0. The second-order valence-corrected chi connectivity index (χ2v) is 7.39. The van der Waals surface area contributed by atoms with Crippen LogP contribution in [-0.2, 0) is 10.0 Å². The average molecular weight is 369 g/mol. The quantitative estimate of drug-likeness (QED) is 0.815. The summed E-state index contributed by atoms with van der Waals surface area (Å²) in [5, 5.41) is 7.85. The molecule has 0 fully saturated rings. The van der Waals surface area contributed by atoms with E-state index in [0.29, 0.717) is 24.6 Å². The van der Waals surface area contributed by atoms with E-state index in [4.69, 9.17) is 5.14 Å². The molecule has 0 saturated heterocycles. The fourth-order valence-corrected chi connectivity index (χ4v) is 3.40. The van der Waals surface area contributed by atoms with Crippen molar-refractivity contribution in [3.8, 4) is 0 Å². The van der Waals surface area contributed by atoms with Crippen LogP contribution in [0.15, 0.2) is 63.4 Å². The zero-order valence-corrected chi connectivity index (χ0v) is 14.4. The lowest BCUT2D eigenvalue weighted by atomic mass is 10.1. The second-order valence-electron chi connectivity index (χ2n) is 5.83. The number of nitrogens with zero attached hydrogens (tertiary/aromatic N) is 3. The predicted octanol–water partition coefficient (Wildman–Crippen LogP) is 0.827. The lowest BCUT2D eigenvalue weighted by molar-refractivity contribution is 0.0974. The number of hydrogen-bond donors (Lipinski definition) is 2. The minimum atomic E-state index is -3.80. The molecule has 2 aromatic carbocycles. The molecule has 2 aromatic rings. The van der Waals surface area contributed by atoms with Gasteiger partial charge in [-0.05, 0) is 36.4 Å². The van der Waals surface area contributed by atoms with Crippen LogP contribution in [0.25, 0.3) is 0 Å². The largest absolute Gasteiger partial charge is 0.294 e. The molecule has 0 spiro atoms. The van der Waals surface area contributed by atoms with Crippen molar-refractivity contribution in [2.45, 2.75) is 4.90 Å². The zero-order valence-electron chi connectivity index (χ0n) is 13.6. The molecular formula is C17H15N5O3S. The maximum atomic E-state index is 12.5. The van der Waals surface area contributed by atoms with Crippen LogP contribution in [0.1, 0.15) is 15.9 Å². The first kappa shape index (κ1) is 16.4. The monoisotopic (exact) mass is 369 g/mol. The number of carbonyl (C=O) groups is 1. The van der Waals surface area contributed by atoms with Gasteiger partial charge in [0.2, 0.25) is 16.0 Å². The van der Waals surface area contributed by atoms with Gasteiger partial charge in [-0.3, -0.25) is 20.0 Å². The number of para-hydroxylation sites is 1. The Bertz CT molecular complexity index is 1060. The highest BCUT2D eigenvalue weighted by molar-refractivity contribution is 7.89. The van der Waals surface area contributed by atoms with Gasteiger partial charge in [0.05, 0.1) is 17.1 Å². The highest BCUT2D eigenvalue weighted by Crippen LogP contribution is 2.27. The molecule has 0 atom stereocenters. The Labute approximate surface area is 150 Å². The summed E-state index contributed by atoms with van der Waals surface area (Å²) in [5.74, 6) is 0.797. The van der Waals surface area contributed by atoms with Gasteiger partial charge in [-0.25, -0.2) is 18.5 Å². The number of aliphatic imine (C=N–C) groups is 2. The van der Waals surface area contributed by atoms with E-state index < -0.39 is 15.9 Å². The van der Waals surface area contributed by atoms with Crippen LogP contribution in [-0.4, -0.2) is 44.1 Å². The number of hydrogen-bond acceptors (Lipinski definition) is 6.